The molecule has 0 saturated carbocycles. The molecule has 0 saturated heterocycles. The van der Waals surface area contributed by atoms with Crippen molar-refractivity contribution < 1.29 is 4.39 Å². The highest BCUT2D eigenvalue weighted by Gasteiger charge is 2.20. The average Bonchev–Trinajstić information content (AvgIpc) is 2.37. The van der Waals surface area contributed by atoms with Gasteiger partial charge in [-0.3, -0.25) is 0 Å². The van der Waals surface area contributed by atoms with E-state index in [1.807, 2.05) is 39.0 Å². The molecule has 1 unspecified atom stereocenters. The van der Waals surface area contributed by atoms with E-state index in [0.717, 1.165) is 33.3 Å². The Morgan fingerprint density at radius 2 is 1.81 bits per heavy atom. The molecule has 0 radical (unpaired) electrons. The van der Waals surface area contributed by atoms with Gasteiger partial charge in [-0.05, 0) is 66.9 Å². The molecule has 1 atom stereocenters. The fourth-order valence-electron chi connectivity index (χ4n) is 2.68. The van der Waals surface area contributed by atoms with Gasteiger partial charge in [-0.1, -0.05) is 40.5 Å². The van der Waals surface area contributed by atoms with Crippen LogP contribution in [0.1, 0.15) is 35.2 Å². The van der Waals surface area contributed by atoms with Crippen LogP contribution in [0.3, 0.4) is 0 Å². The first-order chi connectivity index (χ1) is 9.93. The van der Waals surface area contributed by atoms with E-state index in [0.29, 0.717) is 5.02 Å². The Balaban J connectivity index is 2.59. The van der Waals surface area contributed by atoms with Crippen LogP contribution in [0.25, 0.3) is 0 Å². The normalized spacial score (nSPS) is 12.5. The summed E-state index contributed by atoms with van der Waals surface area (Å²) in [6.07, 6.45) is 0. The number of hydrogen-bond donors (Lipinski definition) is 1. The van der Waals surface area contributed by atoms with Crippen LogP contribution in [0.4, 0.5) is 4.39 Å². The molecule has 112 valence electrons. The minimum absolute atomic E-state index is 0.0452. The molecule has 0 aliphatic rings. The topological polar surface area (TPSA) is 12.0 Å². The molecule has 21 heavy (non-hydrogen) atoms. The minimum atomic E-state index is -0.203. The number of halogens is 3. The lowest BCUT2D eigenvalue weighted by Crippen LogP contribution is -2.24. The molecule has 0 heterocycles. The van der Waals surface area contributed by atoms with E-state index in [4.69, 9.17) is 11.6 Å². The van der Waals surface area contributed by atoms with Crippen molar-refractivity contribution in [3.8, 4) is 0 Å². The molecule has 0 amide bonds. The van der Waals surface area contributed by atoms with Gasteiger partial charge < -0.3 is 5.32 Å². The van der Waals surface area contributed by atoms with Crippen molar-refractivity contribution in [2.24, 2.45) is 0 Å². The Bertz CT molecular complexity index is 634. The highest BCUT2D eigenvalue weighted by atomic mass is 79.9. The van der Waals surface area contributed by atoms with E-state index in [1.54, 1.807) is 12.1 Å². The summed E-state index contributed by atoms with van der Waals surface area (Å²) in [7, 11) is 0. The largest absolute Gasteiger partial charge is 0.306 e. The fraction of sp³-hybridized carbons (Fsp3) is 0.294. The van der Waals surface area contributed by atoms with Gasteiger partial charge in [0, 0.05) is 9.50 Å². The molecule has 0 aliphatic heterocycles. The maximum Gasteiger partial charge on any atom is 0.123 e. The zero-order chi connectivity index (χ0) is 15.6. The first-order valence-electron chi connectivity index (χ1n) is 6.89. The summed E-state index contributed by atoms with van der Waals surface area (Å²) in [6.45, 7) is 6.71. The summed E-state index contributed by atoms with van der Waals surface area (Å²) < 4.78 is 14.5. The van der Waals surface area contributed by atoms with E-state index in [9.17, 15) is 4.39 Å². The van der Waals surface area contributed by atoms with E-state index >= 15 is 0 Å². The Morgan fingerprint density at radius 1 is 1.19 bits per heavy atom. The number of nitrogens with one attached hydrogen (secondary N) is 1. The van der Waals surface area contributed by atoms with Crippen molar-refractivity contribution in [3.63, 3.8) is 0 Å². The van der Waals surface area contributed by atoms with E-state index in [-0.39, 0.29) is 11.9 Å². The Morgan fingerprint density at radius 3 is 2.33 bits per heavy atom. The Labute approximate surface area is 138 Å². The highest BCUT2D eigenvalue weighted by molar-refractivity contribution is 9.10. The summed E-state index contributed by atoms with van der Waals surface area (Å²) in [4.78, 5) is 0. The summed E-state index contributed by atoms with van der Waals surface area (Å²) >= 11 is 9.83. The molecular weight excluding hydrogens is 353 g/mol. The molecule has 0 aliphatic carbocycles. The third-order valence-corrected chi connectivity index (χ3v) is 4.35. The lowest BCUT2D eigenvalue weighted by Gasteiger charge is -2.24. The van der Waals surface area contributed by atoms with Crippen LogP contribution in [-0.2, 0) is 0 Å². The van der Waals surface area contributed by atoms with Crippen LogP contribution >= 0.6 is 27.5 Å². The van der Waals surface area contributed by atoms with Crippen molar-refractivity contribution in [1.29, 1.82) is 0 Å². The summed E-state index contributed by atoms with van der Waals surface area (Å²) in [5.41, 5.74) is 3.94. The van der Waals surface area contributed by atoms with Gasteiger partial charge in [0.1, 0.15) is 5.82 Å². The molecule has 0 fully saturated rings. The van der Waals surface area contributed by atoms with Gasteiger partial charge in [-0.25, -0.2) is 4.39 Å². The summed E-state index contributed by atoms with van der Waals surface area (Å²) in [6, 6.07) is 8.95. The lowest BCUT2D eigenvalue weighted by molar-refractivity contribution is 0.606. The second-order valence-corrected chi connectivity index (χ2v) is 6.43. The van der Waals surface area contributed by atoms with E-state index in [2.05, 4.69) is 21.2 Å². The first-order valence-corrected chi connectivity index (χ1v) is 8.06. The van der Waals surface area contributed by atoms with Gasteiger partial charge in [0.2, 0.25) is 0 Å². The van der Waals surface area contributed by atoms with Gasteiger partial charge in [-0.15, -0.1) is 0 Å². The molecule has 2 aromatic rings. The molecule has 1 N–H and O–H groups in total. The van der Waals surface area contributed by atoms with Crippen LogP contribution in [0.2, 0.25) is 5.02 Å². The third kappa shape index (κ3) is 3.65. The smallest absolute Gasteiger partial charge is 0.123 e. The Kier molecular flexibility index (Phi) is 5.42. The summed E-state index contributed by atoms with van der Waals surface area (Å²) in [5.74, 6) is -0.203. The van der Waals surface area contributed by atoms with Crippen LogP contribution in [0, 0.1) is 19.7 Å². The zero-order valence-electron chi connectivity index (χ0n) is 12.3. The fourth-order valence-corrected chi connectivity index (χ4v) is 3.47. The Hall–Kier alpha value is -0.900. The molecule has 4 heteroatoms. The summed E-state index contributed by atoms with van der Waals surface area (Å²) in [5, 5.41) is 4.15. The molecule has 2 aromatic carbocycles. The molecule has 0 spiro atoms. The van der Waals surface area contributed by atoms with Crippen molar-refractivity contribution in [2.45, 2.75) is 26.8 Å². The highest BCUT2D eigenvalue weighted by Crippen LogP contribution is 2.34. The number of hydrogen-bond acceptors (Lipinski definition) is 1. The quantitative estimate of drug-likeness (QED) is 0.743. The standard InChI is InChI=1S/C17H18BrClFN/c1-4-21-17(14-6-5-12(18)9-15(14)19)16-10(2)7-13(20)8-11(16)3/h5-9,17,21H,4H2,1-3H3. The van der Waals surface area contributed by atoms with Crippen LogP contribution in [0.5, 0.6) is 0 Å². The maximum atomic E-state index is 13.5. The second kappa shape index (κ2) is 6.91. The third-order valence-electron chi connectivity index (χ3n) is 3.53. The monoisotopic (exact) mass is 369 g/mol. The molecule has 0 aromatic heterocycles. The zero-order valence-corrected chi connectivity index (χ0v) is 14.6. The van der Waals surface area contributed by atoms with E-state index in [1.165, 1.54) is 0 Å². The van der Waals surface area contributed by atoms with Crippen LogP contribution in [-0.4, -0.2) is 6.54 Å². The number of rotatable bonds is 4. The number of aryl methyl sites for hydroxylation is 2. The number of benzene rings is 2. The first kappa shape index (κ1) is 16.5. The van der Waals surface area contributed by atoms with Crippen LogP contribution in [0.15, 0.2) is 34.8 Å². The van der Waals surface area contributed by atoms with Gasteiger partial charge in [0.25, 0.3) is 0 Å². The van der Waals surface area contributed by atoms with Gasteiger partial charge in [-0.2, -0.15) is 0 Å². The molecule has 2 rings (SSSR count). The molecular formula is C17H18BrClFN. The minimum Gasteiger partial charge on any atom is -0.306 e. The average molecular weight is 371 g/mol. The lowest BCUT2D eigenvalue weighted by atomic mass is 9.91. The van der Waals surface area contributed by atoms with Crippen LogP contribution < -0.4 is 5.32 Å². The van der Waals surface area contributed by atoms with Crippen molar-refractivity contribution in [2.75, 3.05) is 6.54 Å². The predicted molar refractivity (Wildman–Crippen MR) is 90.5 cm³/mol. The SMILES string of the molecule is CCNC(c1ccc(Br)cc1Cl)c1c(C)cc(F)cc1C. The maximum absolute atomic E-state index is 13.5. The predicted octanol–water partition coefficient (Wildman–Crippen LogP) is 5.56. The second-order valence-electron chi connectivity index (χ2n) is 5.11. The van der Waals surface area contributed by atoms with E-state index < -0.39 is 0 Å². The van der Waals surface area contributed by atoms with Gasteiger partial charge in [0.05, 0.1) is 6.04 Å². The van der Waals surface area contributed by atoms with Crippen molar-refractivity contribution in [3.05, 3.63) is 67.9 Å². The van der Waals surface area contributed by atoms with Gasteiger partial charge in [0.15, 0.2) is 0 Å². The van der Waals surface area contributed by atoms with Crippen molar-refractivity contribution >= 4 is 27.5 Å². The van der Waals surface area contributed by atoms with Crippen molar-refractivity contribution in [1.82, 2.24) is 5.32 Å². The molecule has 1 nitrogen and oxygen atoms in total. The van der Waals surface area contributed by atoms with Gasteiger partial charge >= 0.3 is 0 Å². The molecule has 0 bridgehead atoms.